The van der Waals surface area contributed by atoms with Crippen LogP contribution in [0.5, 0.6) is 0 Å². The van der Waals surface area contributed by atoms with Gasteiger partial charge in [-0.1, -0.05) is 0 Å². The van der Waals surface area contributed by atoms with Gasteiger partial charge in [-0.2, -0.15) is 0 Å². The Hall–Kier alpha value is -1.62. The molecule has 1 fully saturated rings. The summed E-state index contributed by atoms with van der Waals surface area (Å²) in [5.41, 5.74) is 6.26. The van der Waals surface area contributed by atoms with Crippen LogP contribution in [0.25, 0.3) is 0 Å². The van der Waals surface area contributed by atoms with Crippen LogP contribution in [0.3, 0.4) is 0 Å². The van der Waals surface area contributed by atoms with Gasteiger partial charge in [-0.05, 0) is 12.1 Å². The summed E-state index contributed by atoms with van der Waals surface area (Å²) in [7, 11) is 0. The first-order valence-corrected chi connectivity index (χ1v) is 4.87. The van der Waals surface area contributed by atoms with Crippen molar-refractivity contribution in [1.82, 2.24) is 4.98 Å². The molecule has 0 atom stereocenters. The van der Waals surface area contributed by atoms with Crippen molar-refractivity contribution in [2.75, 3.05) is 30.4 Å². The number of carbonyl (C=O) groups excluding carboxylic acids is 1. The van der Waals surface area contributed by atoms with Gasteiger partial charge < -0.3 is 15.4 Å². The maximum Gasteiger partial charge on any atom is 0.229 e. The van der Waals surface area contributed by atoms with E-state index in [0.717, 1.165) is 5.69 Å². The second-order valence-corrected chi connectivity index (χ2v) is 3.35. The minimum Gasteiger partial charge on any atom is -0.384 e. The van der Waals surface area contributed by atoms with Gasteiger partial charge >= 0.3 is 0 Å². The van der Waals surface area contributed by atoms with Gasteiger partial charge in [0.1, 0.15) is 5.82 Å². The number of rotatable bonds is 1. The normalized spacial score (nSPS) is 17.6. The molecule has 1 saturated heterocycles. The standard InChI is InChI=1S/C10H13N3O2/c11-9-2-1-8(7-12-9)13-4-6-15-5-3-10(13)14/h1-2,7H,3-6H2,(H2,11,12). The average Bonchev–Trinajstić information content (AvgIpc) is 2.44. The second-order valence-electron chi connectivity index (χ2n) is 3.35. The molecule has 1 aromatic rings. The summed E-state index contributed by atoms with van der Waals surface area (Å²) in [4.78, 5) is 17.3. The number of anilines is 2. The first-order valence-electron chi connectivity index (χ1n) is 4.87. The highest BCUT2D eigenvalue weighted by Crippen LogP contribution is 2.16. The molecule has 1 aliphatic heterocycles. The fourth-order valence-electron chi connectivity index (χ4n) is 1.51. The fraction of sp³-hybridized carbons (Fsp3) is 0.400. The van der Waals surface area contributed by atoms with E-state index in [9.17, 15) is 4.79 Å². The van der Waals surface area contributed by atoms with Crippen molar-refractivity contribution in [3.8, 4) is 0 Å². The molecule has 0 bridgehead atoms. The molecule has 0 saturated carbocycles. The molecule has 2 rings (SSSR count). The molecule has 0 aromatic carbocycles. The molecular formula is C10H13N3O2. The second kappa shape index (κ2) is 4.27. The molecule has 1 amide bonds. The van der Waals surface area contributed by atoms with E-state index < -0.39 is 0 Å². The predicted octanol–water partition coefficient (Wildman–Crippen LogP) is 0.417. The van der Waals surface area contributed by atoms with E-state index >= 15 is 0 Å². The number of aromatic nitrogens is 1. The van der Waals surface area contributed by atoms with Crippen molar-refractivity contribution in [1.29, 1.82) is 0 Å². The van der Waals surface area contributed by atoms with Gasteiger partial charge in [0.25, 0.3) is 0 Å². The van der Waals surface area contributed by atoms with E-state index in [2.05, 4.69) is 4.98 Å². The molecule has 2 heterocycles. The molecule has 0 radical (unpaired) electrons. The zero-order chi connectivity index (χ0) is 10.7. The number of nitrogen functional groups attached to an aromatic ring is 1. The number of nitrogens with zero attached hydrogens (tertiary/aromatic N) is 2. The Kier molecular flexibility index (Phi) is 2.82. The molecule has 1 aliphatic rings. The van der Waals surface area contributed by atoms with Crippen molar-refractivity contribution in [3.63, 3.8) is 0 Å². The van der Waals surface area contributed by atoms with E-state index in [-0.39, 0.29) is 5.91 Å². The monoisotopic (exact) mass is 207 g/mol. The van der Waals surface area contributed by atoms with Gasteiger partial charge in [0, 0.05) is 6.54 Å². The number of carbonyl (C=O) groups is 1. The Morgan fingerprint density at radius 2 is 2.27 bits per heavy atom. The number of hydrogen-bond acceptors (Lipinski definition) is 4. The first kappa shape index (κ1) is 9.92. The van der Waals surface area contributed by atoms with Crippen LogP contribution in [0.1, 0.15) is 6.42 Å². The number of ether oxygens (including phenoxy) is 1. The largest absolute Gasteiger partial charge is 0.384 e. The molecule has 2 N–H and O–H groups in total. The topological polar surface area (TPSA) is 68.4 Å². The van der Waals surface area contributed by atoms with Gasteiger partial charge in [-0.15, -0.1) is 0 Å². The summed E-state index contributed by atoms with van der Waals surface area (Å²) in [6, 6.07) is 3.49. The molecule has 0 aliphatic carbocycles. The lowest BCUT2D eigenvalue weighted by atomic mass is 10.3. The summed E-state index contributed by atoms with van der Waals surface area (Å²) in [5, 5.41) is 0. The molecule has 5 heteroatoms. The lowest BCUT2D eigenvalue weighted by Gasteiger charge is -2.19. The maximum absolute atomic E-state index is 11.7. The minimum atomic E-state index is 0.0686. The van der Waals surface area contributed by atoms with Gasteiger partial charge in [0.15, 0.2) is 0 Å². The number of nitrogens with two attached hydrogens (primary N) is 1. The summed E-state index contributed by atoms with van der Waals surface area (Å²) in [6.45, 7) is 1.64. The molecular weight excluding hydrogens is 194 g/mol. The highest BCUT2D eigenvalue weighted by molar-refractivity contribution is 5.93. The average molecular weight is 207 g/mol. The van der Waals surface area contributed by atoms with Crippen LogP contribution in [0.2, 0.25) is 0 Å². The lowest BCUT2D eigenvalue weighted by molar-refractivity contribution is -0.118. The Morgan fingerprint density at radius 1 is 1.40 bits per heavy atom. The number of amides is 1. The fourth-order valence-corrected chi connectivity index (χ4v) is 1.51. The van der Waals surface area contributed by atoms with E-state index in [1.54, 1.807) is 23.2 Å². The van der Waals surface area contributed by atoms with Crippen molar-refractivity contribution in [2.24, 2.45) is 0 Å². The van der Waals surface area contributed by atoms with Crippen molar-refractivity contribution >= 4 is 17.4 Å². The Balaban J connectivity index is 2.20. The van der Waals surface area contributed by atoms with Gasteiger partial charge in [-0.3, -0.25) is 4.79 Å². The third-order valence-corrected chi connectivity index (χ3v) is 2.30. The van der Waals surface area contributed by atoms with Crippen LogP contribution in [0.15, 0.2) is 18.3 Å². The summed E-state index contributed by atoms with van der Waals surface area (Å²) >= 11 is 0. The van der Waals surface area contributed by atoms with Gasteiger partial charge in [0.05, 0.1) is 31.5 Å². The Labute approximate surface area is 87.8 Å². The van der Waals surface area contributed by atoms with E-state index in [1.807, 2.05) is 0 Å². The molecule has 80 valence electrons. The molecule has 1 aromatic heterocycles. The van der Waals surface area contributed by atoms with Gasteiger partial charge in [0.2, 0.25) is 5.91 Å². The van der Waals surface area contributed by atoms with E-state index in [4.69, 9.17) is 10.5 Å². The molecule has 5 nitrogen and oxygen atoms in total. The van der Waals surface area contributed by atoms with Crippen LogP contribution < -0.4 is 10.6 Å². The van der Waals surface area contributed by atoms with Crippen molar-refractivity contribution in [3.05, 3.63) is 18.3 Å². The zero-order valence-electron chi connectivity index (χ0n) is 8.35. The minimum absolute atomic E-state index is 0.0686. The van der Waals surface area contributed by atoms with Gasteiger partial charge in [-0.25, -0.2) is 4.98 Å². The predicted molar refractivity (Wildman–Crippen MR) is 56.4 cm³/mol. The van der Waals surface area contributed by atoms with Crippen LogP contribution in [-0.2, 0) is 9.53 Å². The summed E-state index contributed by atoms with van der Waals surface area (Å²) in [6.07, 6.45) is 2.03. The SMILES string of the molecule is Nc1ccc(N2CCOCCC2=O)cn1. The highest BCUT2D eigenvalue weighted by Gasteiger charge is 2.18. The van der Waals surface area contributed by atoms with Crippen LogP contribution >= 0.6 is 0 Å². The van der Waals surface area contributed by atoms with Crippen LogP contribution in [0.4, 0.5) is 11.5 Å². The van der Waals surface area contributed by atoms with E-state index in [0.29, 0.717) is 32.0 Å². The molecule has 0 spiro atoms. The lowest BCUT2D eigenvalue weighted by Crippen LogP contribution is -2.31. The summed E-state index contributed by atoms with van der Waals surface area (Å²) in [5.74, 6) is 0.524. The van der Waals surface area contributed by atoms with Crippen LogP contribution in [0, 0.1) is 0 Å². The van der Waals surface area contributed by atoms with Crippen molar-refractivity contribution < 1.29 is 9.53 Å². The number of hydrogen-bond donors (Lipinski definition) is 1. The molecule has 0 unspecified atom stereocenters. The Bertz CT molecular complexity index is 350. The highest BCUT2D eigenvalue weighted by atomic mass is 16.5. The quantitative estimate of drug-likeness (QED) is 0.724. The third-order valence-electron chi connectivity index (χ3n) is 2.30. The zero-order valence-corrected chi connectivity index (χ0v) is 8.35. The summed E-state index contributed by atoms with van der Waals surface area (Å²) < 4.78 is 5.23. The van der Waals surface area contributed by atoms with Crippen LogP contribution in [-0.4, -0.2) is 30.6 Å². The third kappa shape index (κ3) is 2.24. The first-order chi connectivity index (χ1) is 7.27. The molecule has 15 heavy (non-hydrogen) atoms. The maximum atomic E-state index is 11.7. The number of pyridine rings is 1. The smallest absolute Gasteiger partial charge is 0.229 e. The van der Waals surface area contributed by atoms with E-state index in [1.165, 1.54) is 0 Å². The Morgan fingerprint density at radius 3 is 3.00 bits per heavy atom. The van der Waals surface area contributed by atoms with Crippen molar-refractivity contribution in [2.45, 2.75) is 6.42 Å².